The molecular weight excluding hydrogens is 303 g/mol. The van der Waals surface area contributed by atoms with Crippen LogP contribution < -0.4 is 4.74 Å². The molecule has 94 valence electrons. The first kappa shape index (κ1) is 13.2. The smallest absolute Gasteiger partial charge is 0.122 e. The van der Waals surface area contributed by atoms with Gasteiger partial charge in [0.05, 0.1) is 13.7 Å². The molecule has 1 aliphatic heterocycles. The highest BCUT2D eigenvalue weighted by atomic mass is 79.9. The van der Waals surface area contributed by atoms with E-state index in [0.29, 0.717) is 0 Å². The summed E-state index contributed by atoms with van der Waals surface area (Å²) >= 11 is 9.65. The maximum Gasteiger partial charge on any atom is 0.122 e. The summed E-state index contributed by atoms with van der Waals surface area (Å²) in [5, 5.41) is 1.69. The maximum atomic E-state index is 6.05. The van der Waals surface area contributed by atoms with Gasteiger partial charge in [-0.1, -0.05) is 27.5 Å². The lowest BCUT2D eigenvalue weighted by Gasteiger charge is -2.25. The first-order chi connectivity index (χ1) is 8.19. The van der Waals surface area contributed by atoms with Gasteiger partial charge in [0.25, 0.3) is 0 Å². The first-order valence-corrected chi connectivity index (χ1v) is 7.15. The molecule has 0 spiro atoms. The number of hydrogen-bond donors (Lipinski definition) is 0. The van der Waals surface area contributed by atoms with Crippen molar-refractivity contribution < 1.29 is 9.47 Å². The molecule has 0 amide bonds. The summed E-state index contributed by atoms with van der Waals surface area (Å²) in [5.41, 5.74) is 1.34. The lowest BCUT2D eigenvalue weighted by Crippen LogP contribution is -2.26. The highest BCUT2D eigenvalue weighted by Gasteiger charge is 2.34. The molecule has 1 aliphatic rings. The van der Waals surface area contributed by atoms with E-state index >= 15 is 0 Å². The van der Waals surface area contributed by atoms with Gasteiger partial charge < -0.3 is 9.47 Å². The molecule has 0 radical (unpaired) electrons. The molecule has 0 bridgehead atoms. The maximum absolute atomic E-state index is 6.05. The molecule has 2 nitrogen and oxygen atoms in total. The molecule has 0 N–H and O–H groups in total. The van der Waals surface area contributed by atoms with Crippen LogP contribution in [0.2, 0.25) is 5.02 Å². The van der Waals surface area contributed by atoms with E-state index in [0.717, 1.165) is 47.7 Å². The molecule has 0 aromatic heterocycles. The second-order valence-electron chi connectivity index (χ2n) is 4.57. The van der Waals surface area contributed by atoms with E-state index in [9.17, 15) is 0 Å². The lowest BCUT2D eigenvalue weighted by molar-refractivity contribution is 0.161. The number of ether oxygens (including phenoxy) is 2. The summed E-state index contributed by atoms with van der Waals surface area (Å²) in [6.07, 6.45) is 2.01. The van der Waals surface area contributed by atoms with Gasteiger partial charge in [-0.05, 0) is 36.6 Å². The molecule has 1 fully saturated rings. The van der Waals surface area contributed by atoms with Crippen LogP contribution in [0.25, 0.3) is 0 Å². The second kappa shape index (κ2) is 5.59. The van der Waals surface area contributed by atoms with Crippen molar-refractivity contribution in [2.75, 3.05) is 25.7 Å². The van der Waals surface area contributed by atoms with Crippen molar-refractivity contribution in [3.63, 3.8) is 0 Å². The Hall–Kier alpha value is -0.250. The fourth-order valence-electron chi connectivity index (χ4n) is 2.23. The van der Waals surface area contributed by atoms with E-state index in [1.165, 1.54) is 0 Å². The molecule has 2 rings (SSSR count). The molecule has 1 aromatic rings. The fraction of sp³-hybridized carbons (Fsp3) is 0.538. The largest absolute Gasteiger partial charge is 0.496 e. The zero-order chi connectivity index (χ0) is 12.3. The van der Waals surface area contributed by atoms with Crippen LogP contribution >= 0.6 is 27.5 Å². The van der Waals surface area contributed by atoms with Gasteiger partial charge in [-0.15, -0.1) is 0 Å². The standard InChI is InChI=1S/C13H16BrClO2/c1-16-12-3-2-11(15)6-10(12)7-13(8-14)4-5-17-9-13/h2-3,6H,4-5,7-9H2,1H3. The monoisotopic (exact) mass is 318 g/mol. The molecule has 1 aromatic carbocycles. The van der Waals surface area contributed by atoms with E-state index < -0.39 is 0 Å². The Labute approximate surface area is 115 Å². The van der Waals surface area contributed by atoms with Crippen molar-refractivity contribution >= 4 is 27.5 Å². The molecule has 1 saturated heterocycles. The third-order valence-electron chi connectivity index (χ3n) is 3.28. The number of methoxy groups -OCH3 is 1. The molecule has 0 aliphatic carbocycles. The van der Waals surface area contributed by atoms with Crippen LogP contribution in [0, 0.1) is 5.41 Å². The van der Waals surface area contributed by atoms with Crippen molar-refractivity contribution in [2.24, 2.45) is 5.41 Å². The van der Waals surface area contributed by atoms with E-state index in [4.69, 9.17) is 21.1 Å². The molecular formula is C13H16BrClO2. The predicted octanol–water partition coefficient (Wildman–Crippen LogP) is 3.69. The van der Waals surface area contributed by atoms with Crippen LogP contribution in [-0.2, 0) is 11.2 Å². The summed E-state index contributed by atoms with van der Waals surface area (Å²) in [6.45, 7) is 1.64. The van der Waals surface area contributed by atoms with Crippen molar-refractivity contribution in [1.82, 2.24) is 0 Å². The average Bonchev–Trinajstić information content (AvgIpc) is 2.79. The lowest BCUT2D eigenvalue weighted by atomic mass is 9.83. The molecule has 1 atom stereocenters. The van der Waals surface area contributed by atoms with Crippen LogP contribution in [0.3, 0.4) is 0 Å². The first-order valence-electron chi connectivity index (χ1n) is 5.65. The topological polar surface area (TPSA) is 18.5 Å². The Morgan fingerprint density at radius 3 is 2.94 bits per heavy atom. The van der Waals surface area contributed by atoms with Gasteiger partial charge in [-0.2, -0.15) is 0 Å². The van der Waals surface area contributed by atoms with Gasteiger partial charge in [-0.25, -0.2) is 0 Å². The number of rotatable bonds is 4. The van der Waals surface area contributed by atoms with E-state index in [2.05, 4.69) is 15.9 Å². The third-order valence-corrected chi connectivity index (χ3v) is 4.70. The molecule has 17 heavy (non-hydrogen) atoms. The number of hydrogen-bond acceptors (Lipinski definition) is 2. The quantitative estimate of drug-likeness (QED) is 0.788. The molecule has 0 saturated carbocycles. The van der Waals surface area contributed by atoms with Crippen molar-refractivity contribution in [3.05, 3.63) is 28.8 Å². The van der Waals surface area contributed by atoms with Gasteiger partial charge in [-0.3, -0.25) is 0 Å². The zero-order valence-corrected chi connectivity index (χ0v) is 12.2. The van der Waals surface area contributed by atoms with Crippen molar-refractivity contribution in [3.8, 4) is 5.75 Å². The summed E-state index contributed by atoms with van der Waals surface area (Å²) in [7, 11) is 1.69. The minimum atomic E-state index is 0.179. The fourth-order valence-corrected chi connectivity index (χ4v) is 3.07. The Balaban J connectivity index is 2.24. The molecule has 1 heterocycles. The van der Waals surface area contributed by atoms with E-state index in [1.54, 1.807) is 7.11 Å². The Morgan fingerprint density at radius 1 is 1.53 bits per heavy atom. The second-order valence-corrected chi connectivity index (χ2v) is 5.57. The van der Waals surface area contributed by atoms with Gasteiger partial charge >= 0.3 is 0 Å². The summed E-state index contributed by atoms with van der Waals surface area (Å²) in [6, 6.07) is 5.77. The summed E-state index contributed by atoms with van der Waals surface area (Å²) in [5.74, 6) is 0.904. The summed E-state index contributed by atoms with van der Waals surface area (Å²) in [4.78, 5) is 0. The van der Waals surface area contributed by atoms with Gasteiger partial charge in [0.15, 0.2) is 0 Å². The van der Waals surface area contributed by atoms with Crippen LogP contribution in [0.4, 0.5) is 0 Å². The molecule has 4 heteroatoms. The van der Waals surface area contributed by atoms with Crippen molar-refractivity contribution in [2.45, 2.75) is 12.8 Å². The Morgan fingerprint density at radius 2 is 2.35 bits per heavy atom. The Kier molecular flexibility index (Phi) is 4.34. The minimum absolute atomic E-state index is 0.179. The highest BCUT2D eigenvalue weighted by Crippen LogP contribution is 2.37. The van der Waals surface area contributed by atoms with Crippen LogP contribution in [0.5, 0.6) is 5.75 Å². The normalized spacial score (nSPS) is 23.9. The average molecular weight is 320 g/mol. The Bertz CT molecular complexity index is 389. The van der Waals surface area contributed by atoms with Crippen molar-refractivity contribution in [1.29, 1.82) is 0 Å². The van der Waals surface area contributed by atoms with Gasteiger partial charge in [0.2, 0.25) is 0 Å². The zero-order valence-electron chi connectivity index (χ0n) is 9.84. The van der Waals surface area contributed by atoms with E-state index in [1.807, 2.05) is 18.2 Å². The number of alkyl halides is 1. The SMILES string of the molecule is COc1ccc(Cl)cc1CC1(CBr)CCOC1. The summed E-state index contributed by atoms with van der Waals surface area (Å²) < 4.78 is 10.9. The third kappa shape index (κ3) is 2.95. The number of halogens is 2. The predicted molar refractivity (Wildman–Crippen MR) is 73.4 cm³/mol. The van der Waals surface area contributed by atoms with Crippen LogP contribution in [0.15, 0.2) is 18.2 Å². The molecule has 1 unspecified atom stereocenters. The minimum Gasteiger partial charge on any atom is -0.496 e. The van der Waals surface area contributed by atoms with Gasteiger partial charge in [0, 0.05) is 22.4 Å². The van der Waals surface area contributed by atoms with Crippen LogP contribution in [0.1, 0.15) is 12.0 Å². The van der Waals surface area contributed by atoms with E-state index in [-0.39, 0.29) is 5.41 Å². The van der Waals surface area contributed by atoms with Crippen LogP contribution in [-0.4, -0.2) is 25.7 Å². The highest BCUT2D eigenvalue weighted by molar-refractivity contribution is 9.09. The van der Waals surface area contributed by atoms with Gasteiger partial charge in [0.1, 0.15) is 5.75 Å². The number of benzene rings is 1.